The quantitative estimate of drug-likeness (QED) is 0.524. The van der Waals surface area contributed by atoms with Gasteiger partial charge in [0, 0.05) is 58.7 Å². The van der Waals surface area contributed by atoms with Crippen molar-refractivity contribution in [1.82, 2.24) is 14.3 Å². The van der Waals surface area contributed by atoms with E-state index in [4.69, 9.17) is 9.47 Å². The van der Waals surface area contributed by atoms with Gasteiger partial charge >= 0.3 is 6.18 Å². The molecule has 4 rings (SSSR count). The third-order valence-electron chi connectivity index (χ3n) is 6.86. The Bertz CT molecular complexity index is 1050. The van der Waals surface area contributed by atoms with Gasteiger partial charge in [0.15, 0.2) is 0 Å². The van der Waals surface area contributed by atoms with Crippen LogP contribution in [0.1, 0.15) is 31.5 Å². The van der Waals surface area contributed by atoms with Crippen molar-refractivity contribution < 1.29 is 39.8 Å². The molecule has 3 aliphatic rings. The monoisotopic (exact) mass is 543 g/mol. The van der Waals surface area contributed by atoms with Crippen LogP contribution in [-0.2, 0) is 25.7 Å². The largest absolute Gasteiger partial charge is 0.451 e. The van der Waals surface area contributed by atoms with Crippen molar-refractivity contribution in [2.24, 2.45) is 0 Å². The lowest BCUT2D eigenvalue weighted by atomic mass is 9.81. The topological polar surface area (TPSA) is 88.1 Å². The Labute approximate surface area is 206 Å². The van der Waals surface area contributed by atoms with Gasteiger partial charge in [0.1, 0.15) is 11.6 Å². The van der Waals surface area contributed by atoms with E-state index in [9.17, 15) is 30.4 Å². The summed E-state index contributed by atoms with van der Waals surface area (Å²) in [6.07, 6.45) is -4.74. The molecule has 2 aliphatic heterocycles. The highest BCUT2D eigenvalue weighted by Gasteiger charge is 2.47. The number of hydrogen-bond acceptors (Lipinski definition) is 8. The lowest BCUT2D eigenvalue weighted by Gasteiger charge is -2.46. The number of hydrogen-bond donors (Lipinski definition) is 0. The molecule has 1 saturated carbocycles. The molecule has 0 N–H and O–H groups in total. The van der Waals surface area contributed by atoms with Crippen molar-refractivity contribution in [3.05, 3.63) is 11.9 Å². The molecule has 3 heterocycles. The van der Waals surface area contributed by atoms with Crippen LogP contribution in [0.2, 0.25) is 0 Å². The van der Waals surface area contributed by atoms with Gasteiger partial charge in [0.2, 0.25) is 21.8 Å². The van der Waals surface area contributed by atoms with E-state index in [-0.39, 0.29) is 83.3 Å². The summed E-state index contributed by atoms with van der Waals surface area (Å²) in [6, 6.07) is 1.42. The number of halogens is 5. The summed E-state index contributed by atoms with van der Waals surface area (Å²) < 4.78 is 105. The zero-order valence-electron chi connectivity index (χ0n) is 20.1. The normalized spacial score (nSPS) is 25.2. The molecule has 204 valence electrons. The molecule has 15 heteroatoms. The number of nitrogens with zero attached hydrogens (tertiary/aromatic N) is 5. The highest BCUT2D eigenvalue weighted by molar-refractivity contribution is 7.88. The minimum Gasteiger partial charge on any atom is -0.374 e. The predicted octanol–water partition coefficient (Wildman–Crippen LogP) is 2.38. The summed E-state index contributed by atoms with van der Waals surface area (Å²) in [7, 11) is -1.89. The fourth-order valence-corrected chi connectivity index (χ4v) is 5.67. The Morgan fingerprint density at radius 1 is 1.14 bits per heavy atom. The minimum absolute atomic E-state index is 0.0110. The van der Waals surface area contributed by atoms with Crippen LogP contribution < -0.4 is 9.80 Å². The number of anilines is 2. The number of likely N-dealkylation sites (N-methyl/N-ethyl adjacent to an activating group) is 1. The summed E-state index contributed by atoms with van der Waals surface area (Å²) in [4.78, 5) is 10.5. The Morgan fingerprint density at radius 2 is 1.83 bits per heavy atom. The maximum Gasteiger partial charge on any atom is 0.451 e. The average molecular weight is 544 g/mol. The van der Waals surface area contributed by atoms with E-state index in [0.717, 1.165) is 6.26 Å². The number of morpholine rings is 2. The second-order valence-electron chi connectivity index (χ2n) is 9.71. The molecule has 2 saturated heterocycles. The second-order valence-corrected chi connectivity index (χ2v) is 11.7. The molecule has 1 aromatic rings. The summed E-state index contributed by atoms with van der Waals surface area (Å²) in [6.45, 7) is 1.13. The van der Waals surface area contributed by atoms with Gasteiger partial charge < -0.3 is 19.3 Å². The van der Waals surface area contributed by atoms with Crippen LogP contribution in [0.15, 0.2) is 6.07 Å². The molecular formula is C21H30F5N5O4S. The summed E-state index contributed by atoms with van der Waals surface area (Å²) >= 11 is 0. The first-order valence-electron chi connectivity index (χ1n) is 11.7. The number of sulfonamides is 1. The van der Waals surface area contributed by atoms with Crippen molar-refractivity contribution in [1.29, 1.82) is 0 Å². The van der Waals surface area contributed by atoms with Gasteiger partial charge in [-0.25, -0.2) is 27.2 Å². The predicted molar refractivity (Wildman–Crippen MR) is 121 cm³/mol. The van der Waals surface area contributed by atoms with Crippen LogP contribution in [-0.4, -0.2) is 99.6 Å². The molecule has 1 atom stereocenters. The van der Waals surface area contributed by atoms with Gasteiger partial charge in [-0.05, 0) is 12.8 Å². The fraction of sp³-hybridized carbons (Fsp3) is 0.810. The highest BCUT2D eigenvalue weighted by Crippen LogP contribution is 2.42. The van der Waals surface area contributed by atoms with Gasteiger partial charge in [0.05, 0.1) is 31.2 Å². The van der Waals surface area contributed by atoms with Gasteiger partial charge in [-0.15, -0.1) is 0 Å². The fourth-order valence-electron chi connectivity index (χ4n) is 4.82. The average Bonchev–Trinajstić information content (AvgIpc) is 2.80. The Balaban J connectivity index is 1.55. The third-order valence-corrected chi connectivity index (χ3v) is 8.13. The lowest BCUT2D eigenvalue weighted by molar-refractivity contribution is -0.145. The summed E-state index contributed by atoms with van der Waals surface area (Å²) in [5, 5.41) is 0. The molecule has 36 heavy (non-hydrogen) atoms. The van der Waals surface area contributed by atoms with Crippen molar-refractivity contribution in [2.45, 2.75) is 49.5 Å². The Hall–Kier alpha value is -1.84. The van der Waals surface area contributed by atoms with Gasteiger partial charge in [-0.2, -0.15) is 17.5 Å². The number of alkyl halides is 5. The van der Waals surface area contributed by atoms with E-state index in [0.29, 0.717) is 0 Å². The first kappa shape index (κ1) is 27.2. The zero-order valence-corrected chi connectivity index (χ0v) is 20.9. The second kappa shape index (κ2) is 9.80. The molecular weight excluding hydrogens is 513 g/mol. The van der Waals surface area contributed by atoms with Crippen LogP contribution >= 0.6 is 0 Å². The Kier molecular flexibility index (Phi) is 7.40. The molecule has 0 aromatic carbocycles. The van der Waals surface area contributed by atoms with Crippen molar-refractivity contribution in [3.63, 3.8) is 0 Å². The van der Waals surface area contributed by atoms with Crippen molar-refractivity contribution >= 4 is 21.7 Å². The summed E-state index contributed by atoms with van der Waals surface area (Å²) in [5.41, 5.74) is -0.861. The van der Waals surface area contributed by atoms with E-state index in [1.165, 1.54) is 15.3 Å². The van der Waals surface area contributed by atoms with Crippen LogP contribution in [0.4, 0.5) is 33.6 Å². The van der Waals surface area contributed by atoms with Crippen molar-refractivity contribution in [2.75, 3.05) is 69.0 Å². The van der Waals surface area contributed by atoms with E-state index >= 15 is 0 Å². The molecule has 9 nitrogen and oxygen atoms in total. The lowest BCUT2D eigenvalue weighted by Crippen LogP contribution is -2.55. The molecule has 0 radical (unpaired) electrons. The first-order valence-corrected chi connectivity index (χ1v) is 13.5. The standard InChI is InChI=1S/C21H30F5N5O4S/c1-29(12-15-13-31(8-9-34-15)36(2,32)33)16-11-17(28-18(27-16)21(24,25)26)30-7-10-35-19(14-30)3-5-20(22,23)6-4-19/h11,15H,3-10,12-14H2,1-2H3. The van der Waals surface area contributed by atoms with Gasteiger partial charge in [-0.1, -0.05) is 0 Å². The maximum absolute atomic E-state index is 13.7. The van der Waals surface area contributed by atoms with Crippen LogP contribution in [0, 0.1) is 0 Å². The molecule has 0 bridgehead atoms. The molecule has 1 aromatic heterocycles. The first-order chi connectivity index (χ1) is 16.7. The maximum atomic E-state index is 13.7. The van der Waals surface area contributed by atoms with Crippen molar-refractivity contribution in [3.8, 4) is 0 Å². The molecule has 1 unspecified atom stereocenters. The highest BCUT2D eigenvalue weighted by atomic mass is 32.2. The molecule has 0 amide bonds. The third kappa shape index (κ3) is 6.34. The Morgan fingerprint density at radius 3 is 2.47 bits per heavy atom. The van der Waals surface area contributed by atoms with E-state index in [2.05, 4.69) is 9.97 Å². The van der Waals surface area contributed by atoms with Gasteiger partial charge in [0.25, 0.3) is 0 Å². The molecule has 3 fully saturated rings. The number of aromatic nitrogens is 2. The van der Waals surface area contributed by atoms with Crippen LogP contribution in [0.5, 0.6) is 0 Å². The minimum atomic E-state index is -4.81. The SMILES string of the molecule is CN(CC1CN(S(C)(=O)=O)CCO1)c1cc(N2CCOC3(CCC(F)(F)CC3)C2)nc(C(F)(F)F)n1. The summed E-state index contributed by atoms with van der Waals surface area (Å²) in [5.74, 6) is -4.07. The molecule has 1 aliphatic carbocycles. The van der Waals surface area contributed by atoms with E-state index in [1.807, 2.05) is 0 Å². The molecule has 1 spiro atoms. The zero-order chi connectivity index (χ0) is 26.4. The number of rotatable bonds is 5. The smallest absolute Gasteiger partial charge is 0.374 e. The van der Waals surface area contributed by atoms with Crippen LogP contribution in [0.3, 0.4) is 0 Å². The van der Waals surface area contributed by atoms with Gasteiger partial charge in [-0.3, -0.25) is 0 Å². The van der Waals surface area contributed by atoms with Crippen LogP contribution in [0.25, 0.3) is 0 Å². The van der Waals surface area contributed by atoms with E-state index < -0.39 is 39.7 Å². The van der Waals surface area contributed by atoms with E-state index in [1.54, 1.807) is 11.9 Å². The number of ether oxygens (including phenoxy) is 2.